The van der Waals surface area contributed by atoms with Crippen molar-refractivity contribution in [3.05, 3.63) is 64.9 Å². The van der Waals surface area contributed by atoms with Crippen LogP contribution in [0.5, 0.6) is 5.75 Å². The molecule has 0 saturated heterocycles. The summed E-state index contributed by atoms with van der Waals surface area (Å²) in [4.78, 5) is 23.4. The number of ether oxygens (including phenoxy) is 1. The van der Waals surface area contributed by atoms with Crippen LogP contribution in [-0.2, 0) is 16.0 Å². The molecule has 0 unspecified atom stereocenters. The number of halogens is 2. The van der Waals surface area contributed by atoms with Crippen LogP contribution >= 0.6 is 11.6 Å². The van der Waals surface area contributed by atoms with E-state index in [9.17, 15) is 14.0 Å². The maximum Gasteiger partial charge on any atom is 0.242 e. The Morgan fingerprint density at radius 1 is 0.960 bits per heavy atom. The van der Waals surface area contributed by atoms with Crippen molar-refractivity contribution >= 4 is 23.4 Å². The number of nitrogens with one attached hydrogen (secondary N) is 2. The molecule has 5 nitrogen and oxygen atoms in total. The lowest BCUT2D eigenvalue weighted by molar-refractivity contribution is -0.128. The molecule has 25 heavy (non-hydrogen) atoms. The lowest BCUT2D eigenvalue weighted by atomic mass is 10.1. The minimum absolute atomic E-state index is 0.144. The summed E-state index contributed by atoms with van der Waals surface area (Å²) in [6.45, 7) is 0.317. The molecule has 2 amide bonds. The van der Waals surface area contributed by atoms with Crippen LogP contribution < -0.4 is 15.6 Å². The topological polar surface area (TPSA) is 67.4 Å². The van der Waals surface area contributed by atoms with Gasteiger partial charge in [-0.15, -0.1) is 0 Å². The summed E-state index contributed by atoms with van der Waals surface area (Å²) >= 11 is 5.77. The summed E-state index contributed by atoms with van der Waals surface area (Å²) in [7, 11) is 0. The Kier molecular flexibility index (Phi) is 7.22. The summed E-state index contributed by atoms with van der Waals surface area (Å²) in [5.41, 5.74) is 5.50. The predicted molar refractivity (Wildman–Crippen MR) is 92.6 cm³/mol. The van der Waals surface area contributed by atoms with Gasteiger partial charge in [-0.25, -0.2) is 4.39 Å². The Bertz CT molecular complexity index is 705. The van der Waals surface area contributed by atoms with Gasteiger partial charge in [-0.05, 0) is 48.4 Å². The maximum absolute atomic E-state index is 12.7. The highest BCUT2D eigenvalue weighted by atomic mass is 35.5. The van der Waals surface area contributed by atoms with Crippen LogP contribution in [0.3, 0.4) is 0 Å². The average Bonchev–Trinajstić information content (AvgIpc) is 2.60. The molecule has 0 heterocycles. The van der Waals surface area contributed by atoms with Crippen LogP contribution in [0.1, 0.15) is 18.4 Å². The fraction of sp³-hybridized carbons (Fsp3) is 0.222. The maximum atomic E-state index is 12.7. The van der Waals surface area contributed by atoms with Crippen molar-refractivity contribution in [2.45, 2.75) is 19.3 Å². The van der Waals surface area contributed by atoms with Gasteiger partial charge >= 0.3 is 0 Å². The van der Waals surface area contributed by atoms with Gasteiger partial charge in [0, 0.05) is 11.4 Å². The normalized spacial score (nSPS) is 10.2. The van der Waals surface area contributed by atoms with E-state index in [0.29, 0.717) is 23.8 Å². The molecule has 2 rings (SSSR count). The Morgan fingerprint density at radius 3 is 2.28 bits per heavy atom. The van der Waals surface area contributed by atoms with Crippen molar-refractivity contribution in [3.8, 4) is 5.75 Å². The summed E-state index contributed by atoms with van der Waals surface area (Å²) in [6.07, 6.45) is 0.809. The second-order valence-electron chi connectivity index (χ2n) is 5.31. The van der Waals surface area contributed by atoms with E-state index in [4.69, 9.17) is 16.3 Å². The Balaban J connectivity index is 1.59. The third-order valence-corrected chi connectivity index (χ3v) is 3.50. The highest BCUT2D eigenvalue weighted by molar-refractivity contribution is 6.30. The third kappa shape index (κ3) is 7.22. The molecule has 0 aromatic heterocycles. The van der Waals surface area contributed by atoms with Crippen LogP contribution in [0, 0.1) is 5.82 Å². The van der Waals surface area contributed by atoms with Crippen LogP contribution in [0.4, 0.5) is 4.39 Å². The van der Waals surface area contributed by atoms with Crippen LogP contribution in [0.2, 0.25) is 5.02 Å². The van der Waals surface area contributed by atoms with Crippen molar-refractivity contribution < 1.29 is 18.7 Å². The molecule has 7 heteroatoms. The van der Waals surface area contributed by atoms with Gasteiger partial charge in [0.05, 0.1) is 13.0 Å². The van der Waals surface area contributed by atoms with Gasteiger partial charge in [-0.1, -0.05) is 23.7 Å². The number of hydrogen-bond acceptors (Lipinski definition) is 3. The molecular weight excluding hydrogens is 347 g/mol. The fourth-order valence-corrected chi connectivity index (χ4v) is 2.11. The molecular formula is C18H18ClFN2O3. The van der Waals surface area contributed by atoms with Gasteiger partial charge in [0.2, 0.25) is 11.8 Å². The third-order valence-electron chi connectivity index (χ3n) is 3.25. The Morgan fingerprint density at radius 2 is 1.60 bits per heavy atom. The second-order valence-corrected chi connectivity index (χ2v) is 5.74. The van der Waals surface area contributed by atoms with Gasteiger partial charge in [0.25, 0.3) is 0 Å². The first-order valence-electron chi connectivity index (χ1n) is 7.73. The minimum Gasteiger partial charge on any atom is -0.494 e. The van der Waals surface area contributed by atoms with Crippen molar-refractivity contribution in [1.29, 1.82) is 0 Å². The second kappa shape index (κ2) is 9.64. The zero-order valence-corrected chi connectivity index (χ0v) is 14.2. The van der Waals surface area contributed by atoms with Crippen molar-refractivity contribution in [2.24, 2.45) is 0 Å². The molecule has 0 aliphatic heterocycles. The van der Waals surface area contributed by atoms with Crippen LogP contribution in [0.25, 0.3) is 0 Å². The average molecular weight is 365 g/mol. The SMILES string of the molecule is O=C(CCCOc1ccc(F)cc1)NNC(=O)Cc1ccc(Cl)cc1. The van der Waals surface area contributed by atoms with E-state index in [0.717, 1.165) is 5.56 Å². The van der Waals surface area contributed by atoms with Gasteiger partial charge < -0.3 is 4.74 Å². The zero-order valence-electron chi connectivity index (χ0n) is 13.4. The van der Waals surface area contributed by atoms with Crippen LogP contribution in [0.15, 0.2) is 48.5 Å². The first-order valence-corrected chi connectivity index (χ1v) is 8.11. The lowest BCUT2D eigenvalue weighted by Crippen LogP contribution is -2.42. The summed E-state index contributed by atoms with van der Waals surface area (Å²) in [5.74, 6) is -0.426. The zero-order chi connectivity index (χ0) is 18.1. The first kappa shape index (κ1) is 18.7. The molecule has 0 spiro atoms. The predicted octanol–water partition coefficient (Wildman–Crippen LogP) is 3.03. The smallest absolute Gasteiger partial charge is 0.242 e. The number of hydrogen-bond donors (Lipinski definition) is 2. The van der Waals surface area contributed by atoms with E-state index in [1.54, 1.807) is 24.3 Å². The van der Waals surface area contributed by atoms with E-state index < -0.39 is 0 Å². The Labute approximate surface area is 150 Å². The molecule has 2 aromatic carbocycles. The molecule has 0 radical (unpaired) electrons. The summed E-state index contributed by atoms with van der Waals surface area (Å²) in [5, 5.41) is 0.598. The highest BCUT2D eigenvalue weighted by Crippen LogP contribution is 2.11. The van der Waals surface area contributed by atoms with Gasteiger partial charge in [-0.3, -0.25) is 20.4 Å². The monoisotopic (exact) mass is 364 g/mol. The molecule has 0 fully saturated rings. The molecule has 132 valence electrons. The van der Waals surface area contributed by atoms with Crippen molar-refractivity contribution in [3.63, 3.8) is 0 Å². The van der Waals surface area contributed by atoms with Crippen molar-refractivity contribution in [1.82, 2.24) is 10.9 Å². The van der Waals surface area contributed by atoms with Gasteiger partial charge in [-0.2, -0.15) is 0 Å². The molecule has 0 saturated carbocycles. The summed E-state index contributed by atoms with van der Waals surface area (Å²) < 4.78 is 18.1. The molecule has 0 aliphatic rings. The number of amides is 2. The van der Waals surface area contributed by atoms with Gasteiger partial charge in [0.1, 0.15) is 11.6 Å². The van der Waals surface area contributed by atoms with E-state index >= 15 is 0 Å². The first-order chi connectivity index (χ1) is 12.0. The molecule has 0 atom stereocenters. The van der Waals surface area contributed by atoms with E-state index in [1.807, 2.05) is 0 Å². The minimum atomic E-state index is -0.332. The van der Waals surface area contributed by atoms with Crippen molar-refractivity contribution in [2.75, 3.05) is 6.61 Å². The standard InChI is InChI=1S/C18H18ClFN2O3/c19-14-5-3-13(4-6-14)12-18(24)22-21-17(23)2-1-11-25-16-9-7-15(20)8-10-16/h3-10H,1-2,11-12H2,(H,21,23)(H,22,24). The van der Waals surface area contributed by atoms with Crippen LogP contribution in [-0.4, -0.2) is 18.4 Å². The highest BCUT2D eigenvalue weighted by Gasteiger charge is 2.06. The fourth-order valence-electron chi connectivity index (χ4n) is 1.99. The largest absolute Gasteiger partial charge is 0.494 e. The number of carbonyl (C=O) groups is 2. The number of rotatable bonds is 7. The number of carbonyl (C=O) groups excluding carboxylic acids is 2. The van der Waals surface area contributed by atoms with Gasteiger partial charge in [0.15, 0.2) is 0 Å². The summed E-state index contributed by atoms with van der Waals surface area (Å²) in [6, 6.07) is 12.5. The quantitative estimate of drug-likeness (QED) is 0.586. The Hall–Kier alpha value is -2.60. The number of benzene rings is 2. The van der Waals surface area contributed by atoms with E-state index in [2.05, 4.69) is 10.9 Å². The number of hydrazine groups is 1. The molecule has 2 N–H and O–H groups in total. The molecule has 0 aliphatic carbocycles. The van der Waals surface area contributed by atoms with E-state index in [-0.39, 0.29) is 30.5 Å². The van der Waals surface area contributed by atoms with E-state index in [1.165, 1.54) is 24.3 Å². The molecule has 0 bridgehead atoms. The molecule has 2 aromatic rings. The lowest BCUT2D eigenvalue weighted by Gasteiger charge is -2.08.